The maximum absolute atomic E-state index is 12.8. The van der Waals surface area contributed by atoms with Crippen LogP contribution in [0, 0.1) is 0 Å². The molecule has 6 nitrogen and oxygen atoms in total. The van der Waals surface area contributed by atoms with Crippen LogP contribution >= 0.6 is 11.3 Å². The zero-order valence-corrected chi connectivity index (χ0v) is 14.6. The number of rotatable bonds is 3. The van der Waals surface area contributed by atoms with Crippen molar-refractivity contribution in [3.63, 3.8) is 0 Å². The zero-order valence-electron chi connectivity index (χ0n) is 13.8. The van der Waals surface area contributed by atoms with Gasteiger partial charge >= 0.3 is 0 Å². The van der Waals surface area contributed by atoms with Crippen molar-refractivity contribution in [3.05, 3.63) is 11.1 Å². The average molecular weight is 336 g/mol. The molecule has 0 bridgehead atoms. The van der Waals surface area contributed by atoms with Crippen molar-refractivity contribution < 1.29 is 9.59 Å². The molecule has 1 unspecified atom stereocenters. The van der Waals surface area contributed by atoms with Gasteiger partial charge in [0, 0.05) is 39.1 Å². The van der Waals surface area contributed by atoms with E-state index in [4.69, 9.17) is 0 Å². The second kappa shape index (κ2) is 6.86. The van der Waals surface area contributed by atoms with Crippen LogP contribution in [0.4, 0.5) is 5.13 Å². The highest BCUT2D eigenvalue weighted by atomic mass is 32.1. The van der Waals surface area contributed by atoms with E-state index in [2.05, 4.69) is 9.88 Å². The Balaban J connectivity index is 1.72. The van der Waals surface area contributed by atoms with Crippen LogP contribution in [0.5, 0.6) is 0 Å². The lowest BCUT2D eigenvalue weighted by molar-refractivity contribution is -0.132. The number of thiazole rings is 1. The summed E-state index contributed by atoms with van der Waals surface area (Å²) in [6, 6.07) is -0.336. The van der Waals surface area contributed by atoms with Gasteiger partial charge in [-0.2, -0.15) is 0 Å². The maximum Gasteiger partial charge on any atom is 0.274 e. The molecular formula is C16H24N4O2S. The van der Waals surface area contributed by atoms with Crippen molar-refractivity contribution >= 4 is 28.3 Å². The Morgan fingerprint density at radius 1 is 1.17 bits per heavy atom. The second-order valence-electron chi connectivity index (χ2n) is 6.45. The Hall–Kier alpha value is -1.63. The summed E-state index contributed by atoms with van der Waals surface area (Å²) in [6.45, 7) is 2.68. The minimum atomic E-state index is -0.336. The van der Waals surface area contributed by atoms with Crippen LogP contribution in [0.15, 0.2) is 5.38 Å². The van der Waals surface area contributed by atoms with E-state index >= 15 is 0 Å². The summed E-state index contributed by atoms with van der Waals surface area (Å²) in [5.74, 6) is -0.107. The molecule has 7 heteroatoms. The minimum Gasteiger partial charge on any atom is -0.348 e. The number of anilines is 1. The summed E-state index contributed by atoms with van der Waals surface area (Å²) in [4.78, 5) is 35.1. The van der Waals surface area contributed by atoms with Gasteiger partial charge in [-0.05, 0) is 32.1 Å². The molecule has 2 fully saturated rings. The Kier molecular flexibility index (Phi) is 4.84. The molecule has 0 aliphatic carbocycles. The Morgan fingerprint density at radius 3 is 2.61 bits per heavy atom. The first-order chi connectivity index (χ1) is 11.1. The Labute approximate surface area is 141 Å². The number of hydrogen-bond donors (Lipinski definition) is 0. The number of carbonyl (C=O) groups is 2. The summed E-state index contributed by atoms with van der Waals surface area (Å²) in [7, 11) is 3.47. The predicted molar refractivity (Wildman–Crippen MR) is 90.9 cm³/mol. The van der Waals surface area contributed by atoms with Gasteiger partial charge in [-0.3, -0.25) is 9.59 Å². The summed E-state index contributed by atoms with van der Waals surface area (Å²) < 4.78 is 0. The van der Waals surface area contributed by atoms with Gasteiger partial charge in [-0.25, -0.2) is 4.98 Å². The fourth-order valence-corrected chi connectivity index (χ4v) is 4.16. The SMILES string of the molecule is CN(C)C(=O)C1CCCN1C(=O)c1csc(N2CCCCC2)n1. The molecule has 126 valence electrons. The van der Waals surface area contributed by atoms with E-state index in [1.807, 2.05) is 5.38 Å². The van der Waals surface area contributed by atoms with Gasteiger partial charge < -0.3 is 14.7 Å². The van der Waals surface area contributed by atoms with Gasteiger partial charge in [0.25, 0.3) is 5.91 Å². The van der Waals surface area contributed by atoms with Crippen molar-refractivity contribution in [1.29, 1.82) is 0 Å². The van der Waals surface area contributed by atoms with Gasteiger partial charge in [0.05, 0.1) is 0 Å². The maximum atomic E-state index is 12.8. The van der Waals surface area contributed by atoms with Crippen LogP contribution in [0.2, 0.25) is 0 Å². The summed E-state index contributed by atoms with van der Waals surface area (Å²) in [5, 5.41) is 2.77. The number of carbonyl (C=O) groups excluding carboxylic acids is 2. The lowest BCUT2D eigenvalue weighted by Crippen LogP contribution is -2.45. The highest BCUT2D eigenvalue weighted by Crippen LogP contribution is 2.27. The number of likely N-dealkylation sites (N-methyl/N-ethyl adjacent to an activating group) is 1. The molecule has 23 heavy (non-hydrogen) atoms. The summed E-state index contributed by atoms with van der Waals surface area (Å²) in [6.07, 6.45) is 5.27. The number of likely N-dealkylation sites (tertiary alicyclic amines) is 1. The topological polar surface area (TPSA) is 56.8 Å². The fraction of sp³-hybridized carbons (Fsp3) is 0.688. The van der Waals surface area contributed by atoms with Gasteiger partial charge in [0.1, 0.15) is 11.7 Å². The van der Waals surface area contributed by atoms with Crippen molar-refractivity contribution in [1.82, 2.24) is 14.8 Å². The summed E-state index contributed by atoms with van der Waals surface area (Å²) in [5.41, 5.74) is 0.481. The third-order valence-corrected chi connectivity index (χ3v) is 5.48. The molecule has 0 N–H and O–H groups in total. The minimum absolute atomic E-state index is 0.00216. The molecule has 3 rings (SSSR count). The first kappa shape index (κ1) is 16.2. The molecule has 0 aromatic carbocycles. The van der Waals surface area contributed by atoms with Crippen LogP contribution in [-0.2, 0) is 4.79 Å². The van der Waals surface area contributed by atoms with Gasteiger partial charge in [0.2, 0.25) is 5.91 Å². The van der Waals surface area contributed by atoms with Crippen LogP contribution in [0.1, 0.15) is 42.6 Å². The third kappa shape index (κ3) is 3.34. The average Bonchev–Trinajstić information content (AvgIpc) is 3.23. The molecule has 1 atom stereocenters. The number of piperidine rings is 1. The lowest BCUT2D eigenvalue weighted by atomic mass is 10.1. The van der Waals surface area contributed by atoms with Gasteiger partial charge in [-0.15, -0.1) is 11.3 Å². The molecule has 3 heterocycles. The molecule has 2 aliphatic rings. The van der Waals surface area contributed by atoms with E-state index < -0.39 is 0 Å². The highest BCUT2D eigenvalue weighted by molar-refractivity contribution is 7.13. The third-order valence-electron chi connectivity index (χ3n) is 4.58. The standard InChI is InChI=1S/C16H24N4O2S/c1-18(2)15(22)13-7-6-10-20(13)14(21)12-11-23-16(17-12)19-8-4-3-5-9-19/h11,13H,3-10H2,1-2H3. The molecule has 2 saturated heterocycles. The first-order valence-corrected chi connectivity index (χ1v) is 9.18. The van der Waals surface area contributed by atoms with Crippen molar-refractivity contribution in [2.45, 2.75) is 38.1 Å². The smallest absolute Gasteiger partial charge is 0.274 e. The molecule has 0 radical (unpaired) electrons. The normalized spacial score (nSPS) is 21.6. The van der Waals surface area contributed by atoms with Gasteiger partial charge in [-0.1, -0.05) is 0 Å². The van der Waals surface area contributed by atoms with E-state index in [1.165, 1.54) is 30.6 Å². The van der Waals surface area contributed by atoms with Crippen LogP contribution < -0.4 is 4.90 Å². The molecule has 2 aliphatic heterocycles. The van der Waals surface area contributed by atoms with Gasteiger partial charge in [0.15, 0.2) is 5.13 Å². The van der Waals surface area contributed by atoms with Crippen molar-refractivity contribution in [3.8, 4) is 0 Å². The quantitative estimate of drug-likeness (QED) is 0.845. The molecular weight excluding hydrogens is 312 g/mol. The summed E-state index contributed by atoms with van der Waals surface area (Å²) >= 11 is 1.53. The van der Waals surface area contributed by atoms with Crippen LogP contribution in [0.25, 0.3) is 0 Å². The number of aromatic nitrogens is 1. The second-order valence-corrected chi connectivity index (χ2v) is 7.29. The Morgan fingerprint density at radius 2 is 1.91 bits per heavy atom. The van der Waals surface area contributed by atoms with Crippen molar-refractivity contribution in [2.24, 2.45) is 0 Å². The molecule has 1 aromatic heterocycles. The van der Waals surface area contributed by atoms with E-state index in [0.717, 1.165) is 31.1 Å². The molecule has 0 saturated carbocycles. The highest BCUT2D eigenvalue weighted by Gasteiger charge is 2.36. The zero-order chi connectivity index (χ0) is 16.4. The lowest BCUT2D eigenvalue weighted by Gasteiger charge is -2.26. The Bertz CT molecular complexity index is 580. The molecule has 1 aromatic rings. The molecule has 0 spiro atoms. The monoisotopic (exact) mass is 336 g/mol. The van der Waals surface area contributed by atoms with E-state index in [0.29, 0.717) is 12.2 Å². The van der Waals surface area contributed by atoms with E-state index in [1.54, 1.807) is 23.9 Å². The molecule has 2 amide bonds. The fourth-order valence-electron chi connectivity index (χ4n) is 3.30. The predicted octanol–water partition coefficient (Wildman–Crippen LogP) is 1.83. The number of hydrogen-bond acceptors (Lipinski definition) is 5. The van der Waals surface area contributed by atoms with Crippen molar-refractivity contribution in [2.75, 3.05) is 38.6 Å². The first-order valence-electron chi connectivity index (χ1n) is 8.30. The largest absolute Gasteiger partial charge is 0.348 e. The number of amides is 2. The van der Waals surface area contributed by atoms with E-state index in [-0.39, 0.29) is 17.9 Å². The number of nitrogens with zero attached hydrogens (tertiary/aromatic N) is 4. The van der Waals surface area contributed by atoms with Crippen LogP contribution in [0.3, 0.4) is 0 Å². The van der Waals surface area contributed by atoms with E-state index in [9.17, 15) is 9.59 Å². The van der Waals surface area contributed by atoms with Crippen LogP contribution in [-0.4, -0.2) is 66.4 Å².